The van der Waals surface area contributed by atoms with Crippen molar-refractivity contribution in [1.82, 2.24) is 5.32 Å². The Morgan fingerprint density at radius 1 is 1.14 bits per heavy atom. The van der Waals surface area contributed by atoms with Crippen molar-refractivity contribution in [3.63, 3.8) is 0 Å². The zero-order valence-corrected chi connectivity index (χ0v) is 15.1. The van der Waals surface area contributed by atoms with Crippen molar-refractivity contribution in [2.45, 2.75) is 19.8 Å². The summed E-state index contributed by atoms with van der Waals surface area (Å²) in [6, 6.07) is 18.6. The highest BCUT2D eigenvalue weighted by Gasteiger charge is 2.08. The molecular weight excluding hydrogens is 356 g/mol. The van der Waals surface area contributed by atoms with E-state index < -0.39 is 0 Å². The third kappa shape index (κ3) is 5.78. The van der Waals surface area contributed by atoms with Gasteiger partial charge >= 0.3 is 0 Å². The first-order valence-electron chi connectivity index (χ1n) is 7.51. The normalized spacial score (nSPS) is 11.7. The molecule has 0 amide bonds. The van der Waals surface area contributed by atoms with Crippen molar-refractivity contribution < 1.29 is 0 Å². The predicted octanol–water partition coefficient (Wildman–Crippen LogP) is 5.00. The summed E-state index contributed by atoms with van der Waals surface area (Å²) in [5, 5.41) is 7.21. The Morgan fingerprint density at radius 2 is 1.91 bits per heavy atom. The number of hydrogen-bond acceptors (Lipinski definition) is 1. The Bertz CT molecular complexity index is 601. The van der Waals surface area contributed by atoms with Crippen molar-refractivity contribution >= 4 is 38.9 Å². The Morgan fingerprint density at radius 3 is 2.59 bits per heavy atom. The van der Waals surface area contributed by atoms with E-state index in [0.29, 0.717) is 11.0 Å². The van der Waals surface area contributed by atoms with Crippen molar-refractivity contribution in [2.24, 2.45) is 5.92 Å². The molecule has 22 heavy (non-hydrogen) atoms. The SMILES string of the molecule is CCC(CNC(=S)Nc1cccc(Br)c1)Cc1ccccc1. The first-order valence-corrected chi connectivity index (χ1v) is 8.72. The largest absolute Gasteiger partial charge is 0.362 e. The lowest BCUT2D eigenvalue weighted by molar-refractivity contribution is 0.498. The smallest absolute Gasteiger partial charge is 0.170 e. The van der Waals surface area contributed by atoms with Crippen LogP contribution in [0.1, 0.15) is 18.9 Å². The maximum Gasteiger partial charge on any atom is 0.170 e. The zero-order chi connectivity index (χ0) is 15.8. The van der Waals surface area contributed by atoms with Crippen LogP contribution in [0.2, 0.25) is 0 Å². The molecule has 2 rings (SSSR count). The third-order valence-corrected chi connectivity index (χ3v) is 4.32. The molecule has 1 atom stereocenters. The topological polar surface area (TPSA) is 24.1 Å². The number of anilines is 1. The third-order valence-electron chi connectivity index (χ3n) is 3.58. The van der Waals surface area contributed by atoms with E-state index in [1.165, 1.54) is 5.56 Å². The van der Waals surface area contributed by atoms with Gasteiger partial charge in [0.1, 0.15) is 0 Å². The Kier molecular flexibility index (Phi) is 6.87. The average Bonchev–Trinajstić information content (AvgIpc) is 2.52. The molecule has 0 bridgehead atoms. The average molecular weight is 377 g/mol. The minimum absolute atomic E-state index is 0.574. The quantitative estimate of drug-likeness (QED) is 0.693. The summed E-state index contributed by atoms with van der Waals surface area (Å²) in [5.41, 5.74) is 2.37. The van der Waals surface area contributed by atoms with Gasteiger partial charge in [-0.1, -0.05) is 65.7 Å². The molecule has 0 heterocycles. The van der Waals surface area contributed by atoms with Crippen LogP contribution < -0.4 is 10.6 Å². The molecule has 2 N–H and O–H groups in total. The number of thiocarbonyl (C=S) groups is 1. The zero-order valence-electron chi connectivity index (χ0n) is 12.7. The molecular formula is C18H21BrN2S. The summed E-state index contributed by atoms with van der Waals surface area (Å²) in [6.45, 7) is 3.10. The number of benzene rings is 2. The molecule has 2 aromatic rings. The van der Waals surface area contributed by atoms with Crippen molar-refractivity contribution in [3.05, 3.63) is 64.6 Å². The number of nitrogens with one attached hydrogen (secondary N) is 2. The van der Waals surface area contributed by atoms with Gasteiger partial charge in [0, 0.05) is 16.7 Å². The van der Waals surface area contributed by atoms with E-state index in [1.807, 2.05) is 24.3 Å². The van der Waals surface area contributed by atoms with Gasteiger partial charge < -0.3 is 10.6 Å². The fourth-order valence-electron chi connectivity index (χ4n) is 2.29. The standard InChI is InChI=1S/C18H21BrN2S/c1-2-14(11-15-7-4-3-5-8-15)13-20-18(22)21-17-10-6-9-16(19)12-17/h3-10,12,14H,2,11,13H2,1H3,(H2,20,21,22). The van der Waals surface area contributed by atoms with Crippen LogP contribution in [0.4, 0.5) is 5.69 Å². The van der Waals surface area contributed by atoms with Crippen LogP contribution >= 0.6 is 28.1 Å². The van der Waals surface area contributed by atoms with Gasteiger partial charge in [-0.25, -0.2) is 0 Å². The second-order valence-electron chi connectivity index (χ2n) is 5.31. The maximum atomic E-state index is 5.37. The molecule has 0 saturated carbocycles. The van der Waals surface area contributed by atoms with Gasteiger partial charge in [0.25, 0.3) is 0 Å². The second kappa shape index (κ2) is 8.91. The highest BCUT2D eigenvalue weighted by molar-refractivity contribution is 9.10. The van der Waals surface area contributed by atoms with Crippen LogP contribution in [0, 0.1) is 5.92 Å². The molecule has 1 unspecified atom stereocenters. The van der Waals surface area contributed by atoms with Gasteiger partial charge in [-0.2, -0.15) is 0 Å². The molecule has 0 saturated heterocycles. The van der Waals surface area contributed by atoms with Crippen molar-refractivity contribution in [2.75, 3.05) is 11.9 Å². The number of halogens is 1. The van der Waals surface area contributed by atoms with E-state index in [-0.39, 0.29) is 0 Å². The summed E-state index contributed by atoms with van der Waals surface area (Å²) in [5.74, 6) is 0.574. The fourth-order valence-corrected chi connectivity index (χ4v) is 2.89. The van der Waals surface area contributed by atoms with Crippen LogP contribution in [0.3, 0.4) is 0 Å². The van der Waals surface area contributed by atoms with Gasteiger partial charge in [0.2, 0.25) is 0 Å². The van der Waals surface area contributed by atoms with Crippen LogP contribution in [-0.4, -0.2) is 11.7 Å². The Labute approximate surface area is 146 Å². The molecule has 0 aliphatic carbocycles. The van der Waals surface area contributed by atoms with Gasteiger partial charge in [-0.15, -0.1) is 0 Å². The predicted molar refractivity (Wildman–Crippen MR) is 102 cm³/mol. The first-order chi connectivity index (χ1) is 10.7. The summed E-state index contributed by atoms with van der Waals surface area (Å²) >= 11 is 8.83. The van der Waals surface area contributed by atoms with Crippen LogP contribution in [-0.2, 0) is 6.42 Å². The van der Waals surface area contributed by atoms with Gasteiger partial charge in [-0.3, -0.25) is 0 Å². The van der Waals surface area contributed by atoms with E-state index >= 15 is 0 Å². The molecule has 2 aromatic carbocycles. The first kappa shape index (κ1) is 17.0. The minimum Gasteiger partial charge on any atom is -0.362 e. The molecule has 0 aromatic heterocycles. The molecule has 0 aliphatic heterocycles. The molecule has 116 valence electrons. The molecule has 0 radical (unpaired) electrons. The Balaban J connectivity index is 1.81. The summed E-state index contributed by atoms with van der Waals surface area (Å²) < 4.78 is 1.04. The van der Waals surface area contributed by atoms with Gasteiger partial charge in [0.15, 0.2) is 5.11 Å². The highest BCUT2D eigenvalue weighted by atomic mass is 79.9. The van der Waals surface area contributed by atoms with Gasteiger partial charge in [0.05, 0.1) is 0 Å². The van der Waals surface area contributed by atoms with Crippen molar-refractivity contribution in [1.29, 1.82) is 0 Å². The lowest BCUT2D eigenvalue weighted by Gasteiger charge is -2.18. The lowest BCUT2D eigenvalue weighted by Crippen LogP contribution is -2.33. The molecule has 0 aliphatic rings. The summed E-state index contributed by atoms with van der Waals surface area (Å²) in [7, 11) is 0. The lowest BCUT2D eigenvalue weighted by atomic mass is 9.97. The molecule has 0 fully saturated rings. The highest BCUT2D eigenvalue weighted by Crippen LogP contribution is 2.15. The van der Waals surface area contributed by atoms with Crippen LogP contribution in [0.25, 0.3) is 0 Å². The molecule has 0 spiro atoms. The summed E-state index contributed by atoms with van der Waals surface area (Å²) in [4.78, 5) is 0. The maximum absolute atomic E-state index is 5.37. The van der Waals surface area contributed by atoms with Crippen molar-refractivity contribution in [3.8, 4) is 0 Å². The van der Waals surface area contributed by atoms with Gasteiger partial charge in [-0.05, 0) is 48.3 Å². The Hall–Kier alpha value is -1.39. The van der Waals surface area contributed by atoms with E-state index in [4.69, 9.17) is 12.2 Å². The fraction of sp³-hybridized carbons (Fsp3) is 0.278. The van der Waals surface area contributed by atoms with Crippen LogP contribution in [0.15, 0.2) is 59.1 Å². The number of hydrogen-bond donors (Lipinski definition) is 2. The number of rotatable bonds is 6. The monoisotopic (exact) mass is 376 g/mol. The van der Waals surface area contributed by atoms with Crippen LogP contribution in [0.5, 0.6) is 0 Å². The summed E-state index contributed by atoms with van der Waals surface area (Å²) in [6.07, 6.45) is 2.20. The van der Waals surface area contributed by atoms with E-state index in [0.717, 1.165) is 29.5 Å². The second-order valence-corrected chi connectivity index (χ2v) is 6.63. The minimum atomic E-state index is 0.574. The van der Waals surface area contributed by atoms with E-state index in [2.05, 4.69) is 63.8 Å². The van der Waals surface area contributed by atoms with E-state index in [9.17, 15) is 0 Å². The molecule has 4 heteroatoms. The van der Waals surface area contributed by atoms with E-state index in [1.54, 1.807) is 0 Å². The molecule has 2 nitrogen and oxygen atoms in total.